The summed E-state index contributed by atoms with van der Waals surface area (Å²) in [5.74, 6) is -1.30. The largest absolute Gasteiger partial charge is 0.486 e. The van der Waals surface area contributed by atoms with Crippen LogP contribution in [0.15, 0.2) is 66.7 Å². The van der Waals surface area contributed by atoms with E-state index in [0.29, 0.717) is 31.7 Å². The standard InChI is InChI=1S/C30H30F2N2O3/c31-22-14-24(29(26(32)15-22)36-18-20-6-2-1-3-7-20)23-16-27(23)33-17-28(35)34-12-10-30(11-13-34)25-9-5-4-8-21(25)19-37-30/h1-9,14-15,23,27,33H,10-13,16-19H2. The fourth-order valence-electron chi connectivity index (χ4n) is 5.75. The number of piperidine rings is 1. The molecule has 3 aromatic carbocycles. The zero-order valence-electron chi connectivity index (χ0n) is 20.6. The second kappa shape index (κ2) is 9.88. The van der Waals surface area contributed by atoms with E-state index >= 15 is 0 Å². The quantitative estimate of drug-likeness (QED) is 0.490. The number of nitrogens with zero attached hydrogens (tertiary/aromatic N) is 1. The molecule has 3 aromatic rings. The molecule has 1 saturated carbocycles. The number of hydrogen-bond donors (Lipinski definition) is 1. The number of fused-ring (bicyclic) bond motifs is 2. The lowest BCUT2D eigenvalue weighted by Gasteiger charge is -2.39. The van der Waals surface area contributed by atoms with Gasteiger partial charge in [0.15, 0.2) is 11.6 Å². The van der Waals surface area contributed by atoms with Crippen LogP contribution in [-0.4, -0.2) is 36.5 Å². The number of hydrogen-bond acceptors (Lipinski definition) is 4. The van der Waals surface area contributed by atoms with Gasteiger partial charge in [-0.2, -0.15) is 0 Å². The van der Waals surface area contributed by atoms with Crippen molar-refractivity contribution in [2.24, 2.45) is 0 Å². The molecule has 2 fully saturated rings. The van der Waals surface area contributed by atoms with Crippen molar-refractivity contribution in [1.82, 2.24) is 10.2 Å². The molecule has 192 valence electrons. The SMILES string of the molecule is O=C(CNC1CC1c1cc(F)cc(F)c1OCc1ccccc1)N1CCC2(CC1)OCc1ccccc12. The minimum absolute atomic E-state index is 0.0228. The Morgan fingerprint density at radius 3 is 2.62 bits per heavy atom. The van der Waals surface area contributed by atoms with Gasteiger partial charge < -0.3 is 19.7 Å². The van der Waals surface area contributed by atoms with Crippen molar-refractivity contribution in [3.8, 4) is 5.75 Å². The maximum Gasteiger partial charge on any atom is 0.236 e. The predicted octanol–water partition coefficient (Wildman–Crippen LogP) is 5.04. The number of carbonyl (C=O) groups excluding carboxylic acids is 1. The number of rotatable bonds is 7. The van der Waals surface area contributed by atoms with Crippen LogP contribution in [0.25, 0.3) is 0 Å². The molecule has 1 aliphatic carbocycles. The third-order valence-electron chi connectivity index (χ3n) is 7.90. The van der Waals surface area contributed by atoms with Crippen LogP contribution in [0.2, 0.25) is 0 Å². The summed E-state index contributed by atoms with van der Waals surface area (Å²) in [7, 11) is 0. The molecule has 5 nitrogen and oxygen atoms in total. The van der Waals surface area contributed by atoms with Crippen molar-refractivity contribution in [2.45, 2.75) is 50.0 Å². The highest BCUT2D eigenvalue weighted by atomic mass is 19.1. The lowest BCUT2D eigenvalue weighted by atomic mass is 9.84. The number of ether oxygens (including phenoxy) is 2. The van der Waals surface area contributed by atoms with Crippen molar-refractivity contribution in [1.29, 1.82) is 0 Å². The van der Waals surface area contributed by atoms with Gasteiger partial charge in [-0.05, 0) is 42.0 Å². The van der Waals surface area contributed by atoms with E-state index in [9.17, 15) is 13.6 Å². The van der Waals surface area contributed by atoms with Gasteiger partial charge in [0, 0.05) is 36.7 Å². The first-order chi connectivity index (χ1) is 18.0. The van der Waals surface area contributed by atoms with E-state index in [4.69, 9.17) is 9.47 Å². The van der Waals surface area contributed by atoms with Crippen molar-refractivity contribution in [2.75, 3.05) is 19.6 Å². The van der Waals surface area contributed by atoms with Gasteiger partial charge in [-0.3, -0.25) is 4.79 Å². The molecule has 7 heteroatoms. The minimum Gasteiger partial charge on any atom is -0.486 e. The van der Waals surface area contributed by atoms with Crippen molar-refractivity contribution < 1.29 is 23.0 Å². The van der Waals surface area contributed by atoms with E-state index in [1.165, 1.54) is 17.2 Å². The molecule has 1 spiro atoms. The van der Waals surface area contributed by atoms with Gasteiger partial charge in [0.1, 0.15) is 12.4 Å². The highest BCUT2D eigenvalue weighted by Crippen LogP contribution is 2.46. The lowest BCUT2D eigenvalue weighted by Crippen LogP contribution is -2.47. The van der Waals surface area contributed by atoms with Crippen molar-refractivity contribution in [3.63, 3.8) is 0 Å². The van der Waals surface area contributed by atoms with E-state index < -0.39 is 11.6 Å². The van der Waals surface area contributed by atoms with E-state index in [1.807, 2.05) is 47.4 Å². The molecule has 1 amide bonds. The Morgan fingerprint density at radius 2 is 1.81 bits per heavy atom. The number of halogens is 2. The minimum atomic E-state index is -0.703. The fourth-order valence-corrected chi connectivity index (χ4v) is 5.75. The molecule has 2 aliphatic heterocycles. The lowest BCUT2D eigenvalue weighted by molar-refractivity contribution is -0.137. The average molecular weight is 505 g/mol. The number of carbonyl (C=O) groups is 1. The van der Waals surface area contributed by atoms with Crippen LogP contribution in [-0.2, 0) is 28.3 Å². The Kier molecular flexibility index (Phi) is 6.42. The zero-order chi connectivity index (χ0) is 25.4. The maximum absolute atomic E-state index is 14.6. The number of amides is 1. The first-order valence-corrected chi connectivity index (χ1v) is 12.9. The molecular formula is C30H30F2N2O3. The molecule has 37 heavy (non-hydrogen) atoms. The summed E-state index contributed by atoms with van der Waals surface area (Å²) in [6, 6.07) is 20.0. The summed E-state index contributed by atoms with van der Waals surface area (Å²) in [5, 5.41) is 3.30. The van der Waals surface area contributed by atoms with Crippen LogP contribution in [0.3, 0.4) is 0 Å². The highest BCUT2D eigenvalue weighted by Gasteiger charge is 2.44. The van der Waals surface area contributed by atoms with Crippen LogP contribution in [0.5, 0.6) is 5.75 Å². The smallest absolute Gasteiger partial charge is 0.236 e. The second-order valence-corrected chi connectivity index (χ2v) is 10.2. The Balaban J connectivity index is 1.04. The Morgan fingerprint density at radius 1 is 1.05 bits per heavy atom. The van der Waals surface area contributed by atoms with Gasteiger partial charge in [-0.1, -0.05) is 54.6 Å². The van der Waals surface area contributed by atoms with Gasteiger partial charge in [-0.15, -0.1) is 0 Å². The van der Waals surface area contributed by atoms with Gasteiger partial charge >= 0.3 is 0 Å². The molecule has 1 saturated heterocycles. The Hall–Kier alpha value is -3.29. The topological polar surface area (TPSA) is 50.8 Å². The van der Waals surface area contributed by atoms with Crippen LogP contribution in [0.1, 0.15) is 47.4 Å². The summed E-state index contributed by atoms with van der Waals surface area (Å²) in [5.41, 5.74) is 3.64. The van der Waals surface area contributed by atoms with Gasteiger partial charge in [0.05, 0.1) is 18.8 Å². The third-order valence-corrected chi connectivity index (χ3v) is 7.90. The monoisotopic (exact) mass is 504 g/mol. The summed E-state index contributed by atoms with van der Waals surface area (Å²) in [6.07, 6.45) is 2.27. The van der Waals surface area contributed by atoms with Crippen LogP contribution >= 0.6 is 0 Å². The van der Waals surface area contributed by atoms with Gasteiger partial charge in [-0.25, -0.2) is 8.78 Å². The first-order valence-electron chi connectivity index (χ1n) is 12.9. The molecule has 1 N–H and O–H groups in total. The highest BCUT2D eigenvalue weighted by molar-refractivity contribution is 5.78. The molecule has 0 bridgehead atoms. The van der Waals surface area contributed by atoms with E-state index in [0.717, 1.165) is 24.5 Å². The number of likely N-dealkylation sites (tertiary alicyclic amines) is 1. The van der Waals surface area contributed by atoms with Crippen LogP contribution in [0.4, 0.5) is 8.78 Å². The molecule has 0 aromatic heterocycles. The summed E-state index contributed by atoms with van der Waals surface area (Å²) in [6.45, 7) is 2.32. The van der Waals surface area contributed by atoms with Crippen molar-refractivity contribution in [3.05, 3.63) is 101 Å². The molecule has 2 atom stereocenters. The summed E-state index contributed by atoms with van der Waals surface area (Å²) in [4.78, 5) is 14.8. The molecular weight excluding hydrogens is 474 g/mol. The molecule has 6 rings (SSSR count). The molecule has 0 radical (unpaired) electrons. The van der Waals surface area contributed by atoms with E-state index in [-0.39, 0.29) is 42.4 Å². The van der Waals surface area contributed by atoms with Gasteiger partial charge in [0.2, 0.25) is 5.91 Å². The van der Waals surface area contributed by atoms with E-state index in [1.54, 1.807) is 0 Å². The third kappa shape index (κ3) is 4.86. The average Bonchev–Trinajstić information content (AvgIpc) is 3.62. The van der Waals surface area contributed by atoms with Gasteiger partial charge in [0.25, 0.3) is 0 Å². The number of benzene rings is 3. The molecule has 3 aliphatic rings. The second-order valence-electron chi connectivity index (χ2n) is 10.2. The normalized spacial score (nSPS) is 21.6. The molecule has 2 unspecified atom stereocenters. The Labute approximate surface area is 215 Å². The summed E-state index contributed by atoms with van der Waals surface area (Å²) >= 11 is 0. The molecule has 2 heterocycles. The Bertz CT molecular complexity index is 1290. The number of nitrogens with one attached hydrogen (secondary N) is 1. The summed E-state index contributed by atoms with van der Waals surface area (Å²) < 4.78 is 40.7. The zero-order valence-corrected chi connectivity index (χ0v) is 20.6. The first kappa shape index (κ1) is 24.1. The van der Waals surface area contributed by atoms with Crippen LogP contribution < -0.4 is 10.1 Å². The van der Waals surface area contributed by atoms with Crippen LogP contribution in [0, 0.1) is 11.6 Å². The van der Waals surface area contributed by atoms with Crippen molar-refractivity contribution >= 4 is 5.91 Å². The van der Waals surface area contributed by atoms with E-state index in [2.05, 4.69) is 17.4 Å². The maximum atomic E-state index is 14.6. The predicted molar refractivity (Wildman–Crippen MR) is 135 cm³/mol. The fraction of sp³-hybridized carbons (Fsp3) is 0.367.